The lowest BCUT2D eigenvalue weighted by molar-refractivity contribution is 0.405. The number of hydrogen-bond donors (Lipinski definition) is 1. The second kappa shape index (κ2) is 6.68. The minimum absolute atomic E-state index is 0.321. The van der Waals surface area contributed by atoms with E-state index in [-0.39, 0.29) is 5.75 Å². The summed E-state index contributed by atoms with van der Waals surface area (Å²) in [6, 6.07) is 9.82. The first-order valence-corrected chi connectivity index (χ1v) is 6.91. The zero-order valence-corrected chi connectivity index (χ0v) is 12.4. The predicted molar refractivity (Wildman–Crippen MR) is 79.7 cm³/mol. The van der Waals surface area contributed by atoms with Crippen LogP contribution in [0.25, 0.3) is 0 Å². The van der Waals surface area contributed by atoms with Crippen LogP contribution in [0.5, 0.6) is 11.5 Å². The van der Waals surface area contributed by atoms with Gasteiger partial charge in [0.15, 0.2) is 17.4 Å². The first-order chi connectivity index (χ1) is 10.0. The molecule has 0 radical (unpaired) electrons. The van der Waals surface area contributed by atoms with E-state index in [1.54, 1.807) is 19.2 Å². The molecule has 0 aromatic heterocycles. The maximum atomic E-state index is 14.0. The Morgan fingerprint density at radius 1 is 1.10 bits per heavy atom. The molecule has 0 amide bonds. The van der Waals surface area contributed by atoms with Crippen LogP contribution in [0.4, 0.5) is 8.78 Å². The highest BCUT2D eigenvalue weighted by Gasteiger charge is 2.14. The van der Waals surface area contributed by atoms with Crippen molar-refractivity contribution < 1.29 is 13.5 Å². The van der Waals surface area contributed by atoms with Crippen LogP contribution in [-0.4, -0.2) is 7.05 Å². The van der Waals surface area contributed by atoms with Crippen molar-refractivity contribution in [1.29, 1.82) is 0 Å². The summed E-state index contributed by atoms with van der Waals surface area (Å²) in [5, 5.41) is 2.85. The molecule has 0 spiro atoms. The van der Waals surface area contributed by atoms with E-state index in [4.69, 9.17) is 4.74 Å². The number of benzene rings is 2. The highest BCUT2D eigenvalue weighted by atomic mass is 19.1. The van der Waals surface area contributed by atoms with Gasteiger partial charge in [-0.15, -0.1) is 0 Å². The van der Waals surface area contributed by atoms with Crippen LogP contribution in [0, 0.1) is 11.6 Å². The van der Waals surface area contributed by atoms with E-state index in [1.807, 2.05) is 26.0 Å². The molecular weight excluding hydrogens is 272 g/mol. The third-order valence-electron chi connectivity index (χ3n) is 3.18. The zero-order valence-electron chi connectivity index (χ0n) is 12.4. The molecule has 0 unspecified atom stereocenters. The first-order valence-electron chi connectivity index (χ1n) is 6.91. The highest BCUT2D eigenvalue weighted by molar-refractivity contribution is 5.38. The van der Waals surface area contributed by atoms with Crippen LogP contribution < -0.4 is 10.1 Å². The Labute approximate surface area is 123 Å². The van der Waals surface area contributed by atoms with Crippen molar-refractivity contribution in [2.24, 2.45) is 0 Å². The van der Waals surface area contributed by atoms with E-state index in [9.17, 15) is 8.78 Å². The molecule has 4 heteroatoms. The third-order valence-corrected chi connectivity index (χ3v) is 3.18. The van der Waals surface area contributed by atoms with E-state index in [1.165, 1.54) is 12.1 Å². The number of rotatable bonds is 5. The molecule has 21 heavy (non-hydrogen) atoms. The van der Waals surface area contributed by atoms with Gasteiger partial charge in [0.2, 0.25) is 0 Å². The van der Waals surface area contributed by atoms with Crippen molar-refractivity contribution in [2.45, 2.75) is 26.3 Å². The Morgan fingerprint density at radius 2 is 1.76 bits per heavy atom. The SMILES string of the molecule is CNCc1cc(F)c(Oc2cccc(C(C)C)c2)c(F)c1. The van der Waals surface area contributed by atoms with Gasteiger partial charge in [0.1, 0.15) is 5.75 Å². The number of nitrogens with one attached hydrogen (secondary N) is 1. The fourth-order valence-electron chi connectivity index (χ4n) is 2.07. The normalized spacial score (nSPS) is 11.0. The molecule has 0 fully saturated rings. The van der Waals surface area contributed by atoms with E-state index < -0.39 is 11.6 Å². The molecule has 0 saturated carbocycles. The second-order valence-corrected chi connectivity index (χ2v) is 5.25. The minimum Gasteiger partial charge on any atom is -0.451 e. The van der Waals surface area contributed by atoms with Crippen LogP contribution >= 0.6 is 0 Å². The monoisotopic (exact) mass is 291 g/mol. The molecule has 0 atom stereocenters. The average molecular weight is 291 g/mol. The van der Waals surface area contributed by atoms with Gasteiger partial charge in [-0.05, 0) is 48.4 Å². The fraction of sp³-hybridized carbons (Fsp3) is 0.294. The van der Waals surface area contributed by atoms with Gasteiger partial charge in [-0.1, -0.05) is 26.0 Å². The summed E-state index contributed by atoms with van der Waals surface area (Å²) in [6.07, 6.45) is 0. The topological polar surface area (TPSA) is 21.3 Å². The summed E-state index contributed by atoms with van der Waals surface area (Å²) >= 11 is 0. The van der Waals surface area contributed by atoms with Crippen molar-refractivity contribution in [3.05, 3.63) is 59.2 Å². The smallest absolute Gasteiger partial charge is 0.198 e. The van der Waals surface area contributed by atoms with Crippen molar-refractivity contribution in [2.75, 3.05) is 7.05 Å². The van der Waals surface area contributed by atoms with E-state index in [2.05, 4.69) is 5.32 Å². The third kappa shape index (κ3) is 3.79. The quantitative estimate of drug-likeness (QED) is 0.869. The minimum atomic E-state index is -0.699. The number of halogens is 2. The number of hydrogen-bond acceptors (Lipinski definition) is 2. The van der Waals surface area contributed by atoms with Gasteiger partial charge in [0.05, 0.1) is 0 Å². The molecule has 2 nitrogen and oxygen atoms in total. The molecule has 0 aliphatic rings. The standard InChI is InChI=1S/C17H19F2NO/c1-11(2)13-5-4-6-14(9-13)21-17-15(18)7-12(10-20-3)8-16(17)19/h4-9,11,20H,10H2,1-3H3. The van der Waals surface area contributed by atoms with Crippen molar-refractivity contribution in [3.8, 4) is 11.5 Å². The molecule has 0 saturated heterocycles. The summed E-state index contributed by atoms with van der Waals surface area (Å²) in [6.45, 7) is 4.50. The predicted octanol–water partition coefficient (Wildman–Crippen LogP) is 4.60. The fourth-order valence-corrected chi connectivity index (χ4v) is 2.07. The largest absolute Gasteiger partial charge is 0.451 e. The summed E-state index contributed by atoms with van der Waals surface area (Å²) in [4.78, 5) is 0. The molecule has 2 rings (SSSR count). The van der Waals surface area contributed by atoms with Gasteiger partial charge in [0, 0.05) is 6.54 Å². The second-order valence-electron chi connectivity index (χ2n) is 5.25. The Balaban J connectivity index is 2.29. The van der Waals surface area contributed by atoms with Gasteiger partial charge in [0.25, 0.3) is 0 Å². The lowest BCUT2D eigenvalue weighted by Gasteiger charge is -2.12. The Hall–Kier alpha value is -1.94. The van der Waals surface area contributed by atoms with Crippen molar-refractivity contribution >= 4 is 0 Å². The van der Waals surface area contributed by atoms with Crippen molar-refractivity contribution in [3.63, 3.8) is 0 Å². The Morgan fingerprint density at radius 3 is 2.33 bits per heavy atom. The summed E-state index contributed by atoms with van der Waals surface area (Å²) in [5.74, 6) is -1.01. The molecular formula is C17H19F2NO. The zero-order chi connectivity index (χ0) is 15.4. The first kappa shape index (κ1) is 15.4. The van der Waals surface area contributed by atoms with Crippen LogP contribution in [0.1, 0.15) is 30.9 Å². The van der Waals surface area contributed by atoms with E-state index in [0.717, 1.165) is 5.56 Å². The van der Waals surface area contributed by atoms with Crippen LogP contribution in [0.3, 0.4) is 0 Å². The highest BCUT2D eigenvalue weighted by Crippen LogP contribution is 2.30. The Bertz CT molecular complexity index is 603. The van der Waals surface area contributed by atoms with Gasteiger partial charge in [-0.25, -0.2) is 8.78 Å². The summed E-state index contributed by atoms with van der Waals surface area (Å²) in [5.41, 5.74) is 1.59. The molecule has 0 aliphatic heterocycles. The van der Waals surface area contributed by atoms with Gasteiger partial charge >= 0.3 is 0 Å². The molecule has 2 aromatic carbocycles. The molecule has 0 heterocycles. The lowest BCUT2D eigenvalue weighted by atomic mass is 10.0. The van der Waals surface area contributed by atoms with E-state index in [0.29, 0.717) is 23.8 Å². The Kier molecular flexibility index (Phi) is 4.91. The van der Waals surface area contributed by atoms with Gasteiger partial charge in [-0.3, -0.25) is 0 Å². The van der Waals surface area contributed by atoms with Gasteiger partial charge < -0.3 is 10.1 Å². The van der Waals surface area contributed by atoms with Crippen molar-refractivity contribution in [1.82, 2.24) is 5.32 Å². The average Bonchev–Trinajstić information content (AvgIpc) is 2.43. The van der Waals surface area contributed by atoms with E-state index >= 15 is 0 Å². The molecule has 112 valence electrons. The van der Waals surface area contributed by atoms with Crippen LogP contribution in [0.2, 0.25) is 0 Å². The van der Waals surface area contributed by atoms with Gasteiger partial charge in [-0.2, -0.15) is 0 Å². The number of ether oxygens (including phenoxy) is 1. The molecule has 1 N–H and O–H groups in total. The maximum absolute atomic E-state index is 14.0. The van der Waals surface area contributed by atoms with Crippen LogP contribution in [0.15, 0.2) is 36.4 Å². The summed E-state index contributed by atoms with van der Waals surface area (Å²) < 4.78 is 33.4. The maximum Gasteiger partial charge on any atom is 0.198 e. The van der Waals surface area contributed by atoms with Crippen LogP contribution in [-0.2, 0) is 6.54 Å². The molecule has 2 aromatic rings. The lowest BCUT2D eigenvalue weighted by Crippen LogP contribution is -2.06. The summed E-state index contributed by atoms with van der Waals surface area (Å²) in [7, 11) is 1.72. The molecule has 0 aliphatic carbocycles. The molecule has 0 bridgehead atoms.